The van der Waals surface area contributed by atoms with Gasteiger partial charge in [0.1, 0.15) is 5.01 Å². The lowest BCUT2D eigenvalue weighted by atomic mass is 10.0. The van der Waals surface area contributed by atoms with Crippen LogP contribution in [0.25, 0.3) is 0 Å². The van der Waals surface area contributed by atoms with E-state index in [4.69, 9.17) is 0 Å². The highest BCUT2D eigenvalue weighted by Gasteiger charge is 2.24. The Kier molecular flexibility index (Phi) is 3.64. The summed E-state index contributed by atoms with van der Waals surface area (Å²) in [7, 11) is 0. The van der Waals surface area contributed by atoms with Gasteiger partial charge in [-0.3, -0.25) is 0 Å². The molecule has 0 spiro atoms. The SMILES string of the molecule is CC(NC(C)C(C)(C)O)c1nccs1. The molecule has 2 N–H and O–H groups in total. The maximum Gasteiger partial charge on any atom is 0.109 e. The van der Waals surface area contributed by atoms with Crippen LogP contribution in [0.4, 0.5) is 0 Å². The molecule has 3 nitrogen and oxygen atoms in total. The molecule has 0 bridgehead atoms. The van der Waals surface area contributed by atoms with Crippen molar-refractivity contribution in [2.45, 2.75) is 45.4 Å². The zero-order valence-electron chi connectivity index (χ0n) is 9.11. The van der Waals surface area contributed by atoms with Gasteiger partial charge in [0.15, 0.2) is 0 Å². The maximum atomic E-state index is 9.75. The Morgan fingerprint density at radius 3 is 2.57 bits per heavy atom. The summed E-state index contributed by atoms with van der Waals surface area (Å²) < 4.78 is 0. The van der Waals surface area contributed by atoms with Gasteiger partial charge in [0, 0.05) is 17.6 Å². The van der Waals surface area contributed by atoms with Crippen LogP contribution in [-0.2, 0) is 0 Å². The van der Waals surface area contributed by atoms with Crippen molar-refractivity contribution in [3.05, 3.63) is 16.6 Å². The lowest BCUT2D eigenvalue weighted by molar-refractivity contribution is 0.0405. The standard InChI is InChI=1S/C10H18N2OS/c1-7(9-11-5-6-14-9)12-8(2)10(3,4)13/h5-8,12-13H,1-4H3. The van der Waals surface area contributed by atoms with E-state index in [2.05, 4.69) is 17.2 Å². The van der Waals surface area contributed by atoms with Crippen molar-refractivity contribution in [2.24, 2.45) is 0 Å². The van der Waals surface area contributed by atoms with Crippen LogP contribution < -0.4 is 5.32 Å². The first-order valence-corrected chi connectivity index (χ1v) is 5.67. The molecule has 0 aliphatic carbocycles. The molecule has 4 heteroatoms. The van der Waals surface area contributed by atoms with E-state index in [-0.39, 0.29) is 12.1 Å². The summed E-state index contributed by atoms with van der Waals surface area (Å²) in [6.07, 6.45) is 1.80. The first-order chi connectivity index (χ1) is 6.41. The van der Waals surface area contributed by atoms with Crippen LogP contribution >= 0.6 is 11.3 Å². The summed E-state index contributed by atoms with van der Waals surface area (Å²) in [5.74, 6) is 0. The molecule has 1 aromatic rings. The number of nitrogens with one attached hydrogen (secondary N) is 1. The Morgan fingerprint density at radius 2 is 2.14 bits per heavy atom. The normalized spacial score (nSPS) is 16.6. The molecule has 0 fully saturated rings. The van der Waals surface area contributed by atoms with E-state index in [1.807, 2.05) is 12.3 Å². The van der Waals surface area contributed by atoms with Crippen LogP contribution in [0, 0.1) is 0 Å². The highest BCUT2D eigenvalue weighted by atomic mass is 32.1. The first-order valence-electron chi connectivity index (χ1n) is 4.79. The van der Waals surface area contributed by atoms with Crippen molar-refractivity contribution >= 4 is 11.3 Å². The molecular formula is C10H18N2OS. The Hall–Kier alpha value is -0.450. The molecule has 0 saturated carbocycles. The van der Waals surface area contributed by atoms with Gasteiger partial charge in [-0.25, -0.2) is 4.98 Å². The lowest BCUT2D eigenvalue weighted by Gasteiger charge is -2.29. The molecule has 14 heavy (non-hydrogen) atoms. The molecule has 2 atom stereocenters. The molecule has 0 aliphatic heterocycles. The van der Waals surface area contributed by atoms with Crippen molar-refractivity contribution in [3.63, 3.8) is 0 Å². The van der Waals surface area contributed by atoms with Crippen LogP contribution in [0.1, 0.15) is 38.7 Å². The van der Waals surface area contributed by atoms with Crippen LogP contribution in [0.5, 0.6) is 0 Å². The van der Waals surface area contributed by atoms with Gasteiger partial charge in [0.25, 0.3) is 0 Å². The van der Waals surface area contributed by atoms with Gasteiger partial charge < -0.3 is 10.4 Å². The van der Waals surface area contributed by atoms with E-state index >= 15 is 0 Å². The molecule has 0 radical (unpaired) electrons. The molecule has 1 rings (SSSR count). The largest absolute Gasteiger partial charge is 0.389 e. The van der Waals surface area contributed by atoms with Gasteiger partial charge in [-0.15, -0.1) is 11.3 Å². The summed E-state index contributed by atoms with van der Waals surface area (Å²) in [4.78, 5) is 4.23. The van der Waals surface area contributed by atoms with Crippen molar-refractivity contribution in [2.75, 3.05) is 0 Å². The van der Waals surface area contributed by atoms with Crippen LogP contribution in [-0.4, -0.2) is 21.7 Å². The van der Waals surface area contributed by atoms with Gasteiger partial charge in [0.2, 0.25) is 0 Å². The number of aliphatic hydroxyl groups is 1. The second-order valence-electron chi connectivity index (χ2n) is 4.13. The van der Waals surface area contributed by atoms with E-state index in [1.165, 1.54) is 0 Å². The van der Waals surface area contributed by atoms with Gasteiger partial charge in [-0.05, 0) is 27.7 Å². The second-order valence-corrected chi connectivity index (χ2v) is 5.06. The van der Waals surface area contributed by atoms with Crippen LogP contribution in [0.2, 0.25) is 0 Å². The van der Waals surface area contributed by atoms with E-state index in [9.17, 15) is 5.11 Å². The monoisotopic (exact) mass is 214 g/mol. The number of thiazole rings is 1. The van der Waals surface area contributed by atoms with Crippen molar-refractivity contribution in [1.82, 2.24) is 10.3 Å². The zero-order chi connectivity index (χ0) is 10.8. The number of aromatic nitrogens is 1. The molecule has 0 amide bonds. The maximum absolute atomic E-state index is 9.75. The van der Waals surface area contributed by atoms with Crippen LogP contribution in [0.3, 0.4) is 0 Å². The average Bonchev–Trinajstić information content (AvgIpc) is 2.53. The predicted octanol–water partition coefficient (Wildman–Crippen LogP) is 1.95. The smallest absolute Gasteiger partial charge is 0.109 e. The third-order valence-corrected chi connectivity index (χ3v) is 3.34. The Balaban J connectivity index is 2.53. The van der Waals surface area contributed by atoms with E-state index < -0.39 is 5.60 Å². The second kappa shape index (κ2) is 4.38. The van der Waals surface area contributed by atoms with Crippen molar-refractivity contribution in [3.8, 4) is 0 Å². The van der Waals surface area contributed by atoms with Gasteiger partial charge in [0.05, 0.1) is 11.6 Å². The number of hydrogen-bond donors (Lipinski definition) is 2. The quantitative estimate of drug-likeness (QED) is 0.805. The minimum absolute atomic E-state index is 0.0430. The molecule has 2 unspecified atom stereocenters. The minimum Gasteiger partial charge on any atom is -0.389 e. The van der Waals surface area contributed by atoms with Crippen molar-refractivity contribution < 1.29 is 5.11 Å². The number of rotatable bonds is 4. The number of hydrogen-bond acceptors (Lipinski definition) is 4. The minimum atomic E-state index is -0.703. The van der Waals surface area contributed by atoms with Gasteiger partial charge in [-0.2, -0.15) is 0 Å². The van der Waals surface area contributed by atoms with Crippen molar-refractivity contribution in [1.29, 1.82) is 0 Å². The lowest BCUT2D eigenvalue weighted by Crippen LogP contribution is -2.45. The zero-order valence-corrected chi connectivity index (χ0v) is 9.93. The summed E-state index contributed by atoms with van der Waals surface area (Å²) in [5, 5.41) is 16.1. The van der Waals surface area contributed by atoms with Gasteiger partial charge >= 0.3 is 0 Å². The fourth-order valence-electron chi connectivity index (χ4n) is 1.10. The first kappa shape index (κ1) is 11.6. The van der Waals surface area contributed by atoms with E-state index in [0.717, 1.165) is 5.01 Å². The average molecular weight is 214 g/mol. The fraction of sp³-hybridized carbons (Fsp3) is 0.700. The number of nitrogens with zero attached hydrogens (tertiary/aromatic N) is 1. The fourth-order valence-corrected chi connectivity index (χ4v) is 1.75. The highest BCUT2D eigenvalue weighted by Crippen LogP contribution is 2.18. The molecule has 1 heterocycles. The molecule has 0 aliphatic rings. The van der Waals surface area contributed by atoms with Gasteiger partial charge in [-0.1, -0.05) is 0 Å². The van der Waals surface area contributed by atoms with E-state index in [0.29, 0.717) is 0 Å². The highest BCUT2D eigenvalue weighted by molar-refractivity contribution is 7.09. The molecule has 1 aromatic heterocycles. The molecule has 80 valence electrons. The third kappa shape index (κ3) is 3.04. The summed E-state index contributed by atoms with van der Waals surface area (Å²) >= 11 is 1.63. The topological polar surface area (TPSA) is 45.1 Å². The van der Waals surface area contributed by atoms with E-state index in [1.54, 1.807) is 31.4 Å². The predicted molar refractivity (Wildman–Crippen MR) is 59.4 cm³/mol. The summed E-state index contributed by atoms with van der Waals surface area (Å²) in [6, 6.07) is 0.234. The molecular weight excluding hydrogens is 196 g/mol. The Morgan fingerprint density at radius 1 is 1.50 bits per heavy atom. The summed E-state index contributed by atoms with van der Waals surface area (Å²) in [6.45, 7) is 7.64. The molecule has 0 aromatic carbocycles. The Bertz CT molecular complexity index is 266. The Labute approximate surface area is 89.2 Å². The molecule has 0 saturated heterocycles. The summed E-state index contributed by atoms with van der Waals surface area (Å²) in [5.41, 5.74) is -0.703. The third-order valence-electron chi connectivity index (χ3n) is 2.38. The van der Waals surface area contributed by atoms with Crippen LogP contribution in [0.15, 0.2) is 11.6 Å².